The highest BCUT2D eigenvalue weighted by atomic mass is 35.5. The van der Waals surface area contributed by atoms with Gasteiger partial charge in [0.25, 0.3) is 0 Å². The van der Waals surface area contributed by atoms with Crippen molar-refractivity contribution in [2.45, 2.75) is 25.7 Å². The van der Waals surface area contributed by atoms with E-state index in [0.29, 0.717) is 5.69 Å². The van der Waals surface area contributed by atoms with E-state index in [1.54, 1.807) is 6.92 Å². The van der Waals surface area contributed by atoms with Gasteiger partial charge in [-0.25, -0.2) is 28.5 Å². The van der Waals surface area contributed by atoms with Gasteiger partial charge in [-0.3, -0.25) is 0 Å². The molecule has 1 aliphatic carbocycles. The molecule has 0 unspecified atom stereocenters. The van der Waals surface area contributed by atoms with Crippen molar-refractivity contribution in [2.75, 3.05) is 6.61 Å². The number of carbonyl (C=O) groups excluding carboxylic acids is 1. The van der Waals surface area contributed by atoms with Crippen molar-refractivity contribution in [3.63, 3.8) is 0 Å². The average Bonchev–Trinajstić information content (AvgIpc) is 3.47. The van der Waals surface area contributed by atoms with Gasteiger partial charge in [-0.2, -0.15) is 4.98 Å². The number of rotatable bonds is 4. The molecule has 1 fully saturated rings. The van der Waals surface area contributed by atoms with Crippen LogP contribution in [0.25, 0.3) is 22.4 Å². The normalized spacial score (nSPS) is 13.8. The number of aromatic nitrogens is 4. The van der Waals surface area contributed by atoms with E-state index >= 15 is 0 Å². The molecule has 6 nitrogen and oxygen atoms in total. The maximum absolute atomic E-state index is 14.3. The summed E-state index contributed by atoms with van der Waals surface area (Å²) in [4.78, 5) is 29.1. The van der Waals surface area contributed by atoms with Gasteiger partial charge in [0.15, 0.2) is 11.3 Å². The first kappa shape index (κ1) is 17.7. The monoisotopic (exact) mass is 390 g/mol. The van der Waals surface area contributed by atoms with E-state index in [0.717, 1.165) is 31.0 Å². The quantitative estimate of drug-likeness (QED) is 0.493. The molecular formula is C18H13ClF2N4O2. The molecule has 0 N–H and O–H groups in total. The maximum atomic E-state index is 14.3. The zero-order valence-corrected chi connectivity index (χ0v) is 14.9. The summed E-state index contributed by atoms with van der Waals surface area (Å²) in [7, 11) is 0. The third-order valence-electron chi connectivity index (χ3n) is 4.15. The summed E-state index contributed by atoms with van der Waals surface area (Å²) < 4.78 is 33.0. The topological polar surface area (TPSA) is 77.9 Å². The maximum Gasteiger partial charge on any atom is 0.358 e. The zero-order chi connectivity index (χ0) is 19.1. The van der Waals surface area contributed by atoms with E-state index in [4.69, 9.17) is 16.3 Å². The average molecular weight is 391 g/mol. The Morgan fingerprint density at radius 1 is 1.22 bits per heavy atom. The summed E-state index contributed by atoms with van der Waals surface area (Å²) >= 11 is 5.95. The molecule has 3 aromatic rings. The Balaban J connectivity index is 2.00. The molecule has 0 atom stereocenters. The van der Waals surface area contributed by atoms with Crippen molar-refractivity contribution in [2.24, 2.45) is 0 Å². The third kappa shape index (κ3) is 3.32. The summed E-state index contributed by atoms with van der Waals surface area (Å²) in [6.07, 6.45) is 1.70. The van der Waals surface area contributed by atoms with Gasteiger partial charge in [-0.05, 0) is 49.6 Å². The van der Waals surface area contributed by atoms with Crippen molar-refractivity contribution in [3.8, 4) is 11.3 Å². The number of esters is 1. The van der Waals surface area contributed by atoms with Crippen LogP contribution >= 0.6 is 11.6 Å². The van der Waals surface area contributed by atoms with Crippen LogP contribution in [-0.2, 0) is 4.74 Å². The Kier molecular flexibility index (Phi) is 4.43. The molecular weight excluding hydrogens is 378 g/mol. The van der Waals surface area contributed by atoms with E-state index < -0.39 is 17.6 Å². The largest absolute Gasteiger partial charge is 0.461 e. The third-order valence-corrected chi connectivity index (χ3v) is 4.32. The Morgan fingerprint density at radius 2 is 2.00 bits per heavy atom. The molecule has 27 heavy (non-hydrogen) atoms. The van der Waals surface area contributed by atoms with Crippen LogP contribution in [0.2, 0.25) is 5.28 Å². The molecule has 0 aliphatic heterocycles. The molecule has 2 heterocycles. The molecule has 0 radical (unpaired) electrons. The second-order valence-corrected chi connectivity index (χ2v) is 6.43. The van der Waals surface area contributed by atoms with Crippen LogP contribution in [0.5, 0.6) is 0 Å². The molecule has 0 amide bonds. The summed E-state index contributed by atoms with van der Waals surface area (Å²) in [5, 5.41) is -0.218. The highest BCUT2D eigenvalue weighted by Crippen LogP contribution is 2.41. The smallest absolute Gasteiger partial charge is 0.358 e. The van der Waals surface area contributed by atoms with E-state index in [9.17, 15) is 13.6 Å². The fourth-order valence-electron chi connectivity index (χ4n) is 2.79. The molecule has 4 rings (SSSR count). The fourth-order valence-corrected chi connectivity index (χ4v) is 2.96. The van der Waals surface area contributed by atoms with Crippen LogP contribution in [0, 0.1) is 11.6 Å². The first-order valence-electron chi connectivity index (χ1n) is 8.35. The van der Waals surface area contributed by atoms with E-state index in [-0.39, 0.29) is 45.9 Å². The Hall–Kier alpha value is -2.74. The lowest BCUT2D eigenvalue weighted by atomic mass is 10.1. The summed E-state index contributed by atoms with van der Waals surface area (Å²) in [5.41, 5.74) is 0.591. The predicted molar refractivity (Wildman–Crippen MR) is 93.4 cm³/mol. The van der Waals surface area contributed by atoms with Gasteiger partial charge < -0.3 is 4.74 Å². The SMILES string of the molecule is CCOC(=O)c1nc2nc(Cl)nc(-c3cc(F)ccc3F)c2nc1C1CC1. The predicted octanol–water partition coefficient (Wildman–Crippen LogP) is 4.07. The molecule has 2 aromatic heterocycles. The summed E-state index contributed by atoms with van der Waals surface area (Å²) in [6.45, 7) is 1.87. The molecule has 0 spiro atoms. The van der Waals surface area contributed by atoms with Gasteiger partial charge in [0.1, 0.15) is 22.8 Å². The second kappa shape index (κ2) is 6.77. The number of nitrogens with zero attached hydrogens (tertiary/aromatic N) is 4. The first-order chi connectivity index (χ1) is 13.0. The standard InChI is InChI=1S/C18H13ClF2N4O2/c1-2-27-17(26)15-12(8-3-4-8)22-14-13(24-18(19)25-16(14)23-15)10-7-9(20)5-6-11(10)21/h5-8H,2-4H2,1H3. The number of fused-ring (bicyclic) bond motifs is 1. The van der Waals surface area contributed by atoms with Gasteiger partial charge in [0.2, 0.25) is 5.28 Å². The molecule has 9 heteroatoms. The van der Waals surface area contributed by atoms with Gasteiger partial charge in [0.05, 0.1) is 12.3 Å². The van der Waals surface area contributed by atoms with Crippen LogP contribution in [0.1, 0.15) is 41.9 Å². The van der Waals surface area contributed by atoms with Crippen molar-refractivity contribution >= 4 is 28.7 Å². The molecule has 0 bridgehead atoms. The number of ether oxygens (including phenoxy) is 1. The van der Waals surface area contributed by atoms with Crippen LogP contribution in [-0.4, -0.2) is 32.5 Å². The highest BCUT2D eigenvalue weighted by molar-refractivity contribution is 6.28. The van der Waals surface area contributed by atoms with Crippen LogP contribution in [0.15, 0.2) is 18.2 Å². The van der Waals surface area contributed by atoms with E-state index in [1.165, 1.54) is 0 Å². The van der Waals surface area contributed by atoms with Crippen LogP contribution in [0.4, 0.5) is 8.78 Å². The van der Waals surface area contributed by atoms with Crippen LogP contribution < -0.4 is 0 Å². The highest BCUT2D eigenvalue weighted by Gasteiger charge is 2.33. The van der Waals surface area contributed by atoms with Crippen molar-refractivity contribution < 1.29 is 18.3 Å². The van der Waals surface area contributed by atoms with Gasteiger partial charge in [0, 0.05) is 11.5 Å². The Labute approximate surface area is 157 Å². The Bertz CT molecular complexity index is 1070. The Morgan fingerprint density at radius 3 is 2.70 bits per heavy atom. The zero-order valence-electron chi connectivity index (χ0n) is 14.2. The summed E-state index contributed by atoms with van der Waals surface area (Å²) in [6, 6.07) is 3.00. The summed E-state index contributed by atoms with van der Waals surface area (Å²) in [5.74, 6) is -1.87. The van der Waals surface area contributed by atoms with Crippen molar-refractivity contribution in [1.82, 2.24) is 19.9 Å². The van der Waals surface area contributed by atoms with Gasteiger partial charge in [-0.15, -0.1) is 0 Å². The number of halogens is 3. The van der Waals surface area contributed by atoms with Gasteiger partial charge >= 0.3 is 5.97 Å². The molecule has 1 aliphatic rings. The molecule has 0 saturated heterocycles. The minimum absolute atomic E-state index is 0.0149. The van der Waals surface area contributed by atoms with Gasteiger partial charge in [-0.1, -0.05) is 0 Å². The molecule has 1 aromatic carbocycles. The van der Waals surface area contributed by atoms with Crippen molar-refractivity contribution in [3.05, 3.63) is 46.5 Å². The number of benzene rings is 1. The lowest BCUT2D eigenvalue weighted by Gasteiger charge is -2.11. The minimum atomic E-state index is -0.684. The number of hydrogen-bond donors (Lipinski definition) is 0. The fraction of sp³-hybridized carbons (Fsp3) is 0.278. The second-order valence-electron chi connectivity index (χ2n) is 6.09. The van der Waals surface area contributed by atoms with E-state index in [1.807, 2.05) is 0 Å². The first-order valence-corrected chi connectivity index (χ1v) is 8.73. The molecule has 1 saturated carbocycles. The van der Waals surface area contributed by atoms with Crippen LogP contribution in [0.3, 0.4) is 0 Å². The number of carbonyl (C=O) groups is 1. The lowest BCUT2D eigenvalue weighted by molar-refractivity contribution is 0.0517. The minimum Gasteiger partial charge on any atom is -0.461 e. The van der Waals surface area contributed by atoms with E-state index in [2.05, 4.69) is 19.9 Å². The molecule has 138 valence electrons. The van der Waals surface area contributed by atoms with Crippen molar-refractivity contribution in [1.29, 1.82) is 0 Å². The number of hydrogen-bond acceptors (Lipinski definition) is 6. The lowest BCUT2D eigenvalue weighted by Crippen LogP contribution is -2.13.